The van der Waals surface area contributed by atoms with Crippen LogP contribution >= 0.6 is 0 Å². The standard InChI is InChI=1S/C20H23FN4O/c1-11-8-9-22-20(23-11)24-18-12(2)19(14-4-5-14)25(13(3)26)17-7-6-15(21)10-16(17)18/h6-10,12,14,18-19H,4-5H2,1-3H3,(H,22,23,24)/t12-,18?,19-/m1/s1. The van der Waals surface area contributed by atoms with Gasteiger partial charge in [-0.1, -0.05) is 6.92 Å². The van der Waals surface area contributed by atoms with Crippen LogP contribution in [0.15, 0.2) is 30.5 Å². The number of halogens is 1. The lowest BCUT2D eigenvalue weighted by Crippen LogP contribution is -2.51. The van der Waals surface area contributed by atoms with Gasteiger partial charge in [-0.05, 0) is 49.9 Å². The van der Waals surface area contributed by atoms with Crippen LogP contribution in [-0.4, -0.2) is 21.9 Å². The van der Waals surface area contributed by atoms with Crippen LogP contribution in [0.2, 0.25) is 0 Å². The maximum Gasteiger partial charge on any atom is 0.224 e. The number of hydrogen-bond donors (Lipinski definition) is 1. The first kappa shape index (κ1) is 16.9. The second kappa shape index (κ2) is 6.34. The van der Waals surface area contributed by atoms with Gasteiger partial charge >= 0.3 is 0 Å². The summed E-state index contributed by atoms with van der Waals surface area (Å²) in [5.41, 5.74) is 2.45. The van der Waals surface area contributed by atoms with Gasteiger partial charge in [-0.25, -0.2) is 14.4 Å². The molecule has 2 aromatic rings. The first-order valence-electron chi connectivity index (χ1n) is 9.11. The minimum Gasteiger partial charge on any atom is -0.347 e. The van der Waals surface area contributed by atoms with E-state index >= 15 is 0 Å². The van der Waals surface area contributed by atoms with E-state index in [1.54, 1.807) is 19.2 Å². The Labute approximate surface area is 152 Å². The fraction of sp³-hybridized carbons (Fsp3) is 0.450. The molecule has 26 heavy (non-hydrogen) atoms. The number of rotatable bonds is 3. The predicted octanol–water partition coefficient (Wildman–Crippen LogP) is 3.86. The second-order valence-electron chi connectivity index (χ2n) is 7.42. The molecule has 1 aromatic heterocycles. The Balaban J connectivity index is 1.80. The van der Waals surface area contributed by atoms with Crippen LogP contribution in [0.5, 0.6) is 0 Å². The summed E-state index contributed by atoms with van der Waals surface area (Å²) in [7, 11) is 0. The van der Waals surface area contributed by atoms with Gasteiger partial charge in [0.2, 0.25) is 11.9 Å². The average Bonchev–Trinajstić information content (AvgIpc) is 3.41. The summed E-state index contributed by atoms with van der Waals surface area (Å²) in [5.74, 6) is 0.843. The Bertz CT molecular complexity index is 851. The van der Waals surface area contributed by atoms with Crippen LogP contribution in [0.25, 0.3) is 0 Å². The fourth-order valence-corrected chi connectivity index (χ4v) is 4.19. The summed E-state index contributed by atoms with van der Waals surface area (Å²) in [5, 5.41) is 3.40. The third-order valence-corrected chi connectivity index (χ3v) is 5.47. The number of carbonyl (C=O) groups is 1. The molecule has 1 aliphatic heterocycles. The summed E-state index contributed by atoms with van der Waals surface area (Å²) >= 11 is 0. The zero-order valence-corrected chi connectivity index (χ0v) is 15.2. The van der Waals surface area contributed by atoms with Crippen molar-refractivity contribution in [1.29, 1.82) is 0 Å². The molecule has 2 heterocycles. The number of carbonyl (C=O) groups excluding carboxylic acids is 1. The molecule has 1 amide bonds. The maximum atomic E-state index is 14.0. The number of aromatic nitrogens is 2. The fourth-order valence-electron chi connectivity index (χ4n) is 4.19. The molecule has 1 fully saturated rings. The summed E-state index contributed by atoms with van der Waals surface area (Å²) in [6.07, 6.45) is 3.97. The topological polar surface area (TPSA) is 58.1 Å². The first-order chi connectivity index (χ1) is 12.5. The van der Waals surface area contributed by atoms with Crippen LogP contribution in [0.1, 0.15) is 44.0 Å². The van der Waals surface area contributed by atoms with Gasteiger partial charge in [0.05, 0.1) is 6.04 Å². The molecule has 1 saturated carbocycles. The Morgan fingerprint density at radius 3 is 2.73 bits per heavy atom. The maximum absolute atomic E-state index is 14.0. The van der Waals surface area contributed by atoms with E-state index in [1.165, 1.54) is 12.1 Å². The van der Waals surface area contributed by atoms with Gasteiger partial charge in [-0.2, -0.15) is 0 Å². The van der Waals surface area contributed by atoms with Crippen molar-refractivity contribution in [3.8, 4) is 0 Å². The summed E-state index contributed by atoms with van der Waals surface area (Å²) in [6, 6.07) is 6.47. The molecular weight excluding hydrogens is 331 g/mol. The Hall–Kier alpha value is -2.50. The molecule has 5 nitrogen and oxygen atoms in total. The number of hydrogen-bond acceptors (Lipinski definition) is 4. The van der Waals surface area contributed by atoms with E-state index in [0.717, 1.165) is 29.8 Å². The molecule has 0 saturated heterocycles. The largest absolute Gasteiger partial charge is 0.347 e. The molecule has 1 aromatic carbocycles. The molecule has 0 spiro atoms. The number of aryl methyl sites for hydroxylation is 1. The number of nitrogens with zero attached hydrogens (tertiary/aromatic N) is 3. The van der Waals surface area contributed by atoms with Crippen molar-refractivity contribution < 1.29 is 9.18 Å². The molecule has 6 heteroatoms. The monoisotopic (exact) mass is 354 g/mol. The van der Waals surface area contributed by atoms with Gasteiger partial charge in [0.25, 0.3) is 0 Å². The number of fused-ring (bicyclic) bond motifs is 1. The second-order valence-corrected chi connectivity index (χ2v) is 7.42. The van der Waals surface area contributed by atoms with Crippen LogP contribution < -0.4 is 10.2 Å². The quantitative estimate of drug-likeness (QED) is 0.909. The third kappa shape index (κ3) is 2.93. The van der Waals surface area contributed by atoms with Gasteiger partial charge in [0.1, 0.15) is 5.82 Å². The molecule has 2 aliphatic rings. The number of benzene rings is 1. The molecule has 4 rings (SSSR count). The summed E-state index contributed by atoms with van der Waals surface area (Å²) < 4.78 is 14.0. The highest BCUT2D eigenvalue weighted by molar-refractivity contribution is 5.94. The van der Waals surface area contributed by atoms with Gasteiger partial charge in [0, 0.05) is 42.0 Å². The van der Waals surface area contributed by atoms with Gasteiger partial charge in [0.15, 0.2) is 0 Å². The molecule has 1 aliphatic carbocycles. The number of amides is 1. The molecule has 1 N–H and O–H groups in total. The Kier molecular flexibility index (Phi) is 4.13. The normalized spacial score (nSPS) is 24.9. The van der Waals surface area contributed by atoms with Crippen molar-refractivity contribution in [2.24, 2.45) is 11.8 Å². The van der Waals surface area contributed by atoms with Crippen molar-refractivity contribution in [3.63, 3.8) is 0 Å². The SMILES string of the molecule is CC(=O)N1c2ccc(F)cc2C(Nc2nccc(C)n2)[C@@H](C)[C@@H]1C1CC1. The predicted molar refractivity (Wildman–Crippen MR) is 98.4 cm³/mol. The van der Waals surface area contributed by atoms with E-state index in [0.29, 0.717) is 11.9 Å². The van der Waals surface area contributed by atoms with Crippen molar-refractivity contribution in [2.75, 3.05) is 10.2 Å². The van der Waals surface area contributed by atoms with Gasteiger partial charge < -0.3 is 10.2 Å². The molecule has 136 valence electrons. The minimum atomic E-state index is -0.304. The van der Waals surface area contributed by atoms with Gasteiger partial charge in [-0.3, -0.25) is 4.79 Å². The molecule has 1 unspecified atom stereocenters. The smallest absolute Gasteiger partial charge is 0.224 e. The lowest BCUT2D eigenvalue weighted by molar-refractivity contribution is -0.117. The van der Waals surface area contributed by atoms with E-state index < -0.39 is 0 Å². The van der Waals surface area contributed by atoms with E-state index in [-0.39, 0.29) is 29.7 Å². The van der Waals surface area contributed by atoms with Crippen molar-refractivity contribution >= 4 is 17.5 Å². The van der Waals surface area contributed by atoms with Gasteiger partial charge in [-0.15, -0.1) is 0 Å². The van der Waals surface area contributed by atoms with Crippen LogP contribution in [0, 0.1) is 24.6 Å². The third-order valence-electron chi connectivity index (χ3n) is 5.47. The lowest BCUT2D eigenvalue weighted by Gasteiger charge is -2.45. The van der Waals surface area contributed by atoms with Crippen molar-refractivity contribution in [3.05, 3.63) is 47.5 Å². The average molecular weight is 354 g/mol. The van der Waals surface area contributed by atoms with Crippen LogP contribution in [0.4, 0.5) is 16.0 Å². The molecule has 3 atom stereocenters. The highest BCUT2D eigenvalue weighted by Crippen LogP contribution is 2.49. The first-order valence-corrected chi connectivity index (χ1v) is 9.11. The van der Waals surface area contributed by atoms with Crippen molar-refractivity contribution in [2.45, 2.75) is 45.7 Å². The Morgan fingerprint density at radius 1 is 1.31 bits per heavy atom. The van der Waals surface area contributed by atoms with Crippen molar-refractivity contribution in [1.82, 2.24) is 9.97 Å². The number of nitrogens with one attached hydrogen (secondary N) is 1. The zero-order chi connectivity index (χ0) is 18.4. The Morgan fingerprint density at radius 2 is 2.08 bits per heavy atom. The van der Waals surface area contributed by atoms with E-state index in [4.69, 9.17) is 0 Å². The molecule has 0 radical (unpaired) electrons. The molecule has 0 bridgehead atoms. The highest BCUT2D eigenvalue weighted by Gasteiger charge is 2.47. The highest BCUT2D eigenvalue weighted by atomic mass is 19.1. The van der Waals surface area contributed by atoms with E-state index in [2.05, 4.69) is 22.2 Å². The van der Waals surface area contributed by atoms with Crippen LogP contribution in [0.3, 0.4) is 0 Å². The van der Waals surface area contributed by atoms with Crippen LogP contribution in [-0.2, 0) is 4.79 Å². The summed E-state index contributed by atoms with van der Waals surface area (Å²) in [4.78, 5) is 23.0. The number of anilines is 2. The van der Waals surface area contributed by atoms with E-state index in [1.807, 2.05) is 17.9 Å². The minimum absolute atomic E-state index is 0.00636. The molecular formula is C20H23FN4O. The van der Waals surface area contributed by atoms with E-state index in [9.17, 15) is 9.18 Å². The lowest BCUT2D eigenvalue weighted by atomic mass is 9.80. The summed E-state index contributed by atoms with van der Waals surface area (Å²) in [6.45, 7) is 5.63. The zero-order valence-electron chi connectivity index (χ0n) is 15.2.